The van der Waals surface area contributed by atoms with Crippen LogP contribution in [0.5, 0.6) is 0 Å². The van der Waals surface area contributed by atoms with Crippen molar-refractivity contribution in [2.24, 2.45) is 0 Å². The summed E-state index contributed by atoms with van der Waals surface area (Å²) in [7, 11) is 1.25. The van der Waals surface area contributed by atoms with Crippen LogP contribution in [0.3, 0.4) is 0 Å². The van der Waals surface area contributed by atoms with E-state index in [1.165, 1.54) is 13.2 Å². The van der Waals surface area contributed by atoms with Crippen molar-refractivity contribution >= 4 is 11.9 Å². The van der Waals surface area contributed by atoms with E-state index < -0.39 is 11.9 Å². The van der Waals surface area contributed by atoms with Gasteiger partial charge in [0.05, 0.1) is 19.3 Å². The maximum Gasteiger partial charge on any atom is 0.337 e. The number of methoxy groups -OCH3 is 1. The second kappa shape index (κ2) is 5.96. The number of carbonyl (C=O) groups is 2. The predicted molar refractivity (Wildman–Crippen MR) is 51.5 cm³/mol. The fourth-order valence-electron chi connectivity index (χ4n) is 0.755. The monoisotopic (exact) mass is 198 g/mol. The molecular weight excluding hydrogens is 184 g/mol. The summed E-state index contributed by atoms with van der Waals surface area (Å²) in [5.41, 5.74) is 0.445. The molecule has 0 aliphatic carbocycles. The van der Waals surface area contributed by atoms with Crippen molar-refractivity contribution in [3.8, 4) is 0 Å². The average molecular weight is 198 g/mol. The maximum absolute atomic E-state index is 11.1. The topological polar surface area (TPSA) is 52.6 Å². The summed E-state index contributed by atoms with van der Waals surface area (Å²) < 4.78 is 9.13. The van der Waals surface area contributed by atoms with Gasteiger partial charge in [-0.1, -0.05) is 6.58 Å². The van der Waals surface area contributed by atoms with Crippen LogP contribution < -0.4 is 0 Å². The quantitative estimate of drug-likeness (QED) is 0.387. The van der Waals surface area contributed by atoms with Gasteiger partial charge in [-0.05, 0) is 19.9 Å². The second-order valence-corrected chi connectivity index (χ2v) is 2.56. The van der Waals surface area contributed by atoms with Crippen LogP contribution >= 0.6 is 0 Å². The predicted octanol–water partition coefficient (Wildman–Crippen LogP) is 1.22. The van der Waals surface area contributed by atoms with E-state index in [0.29, 0.717) is 12.2 Å². The highest BCUT2D eigenvalue weighted by Crippen LogP contribution is 2.03. The number of hydrogen-bond acceptors (Lipinski definition) is 4. The molecule has 0 aliphatic rings. The Bertz CT molecular complexity index is 276. The molecule has 0 aliphatic heterocycles. The summed E-state index contributed by atoms with van der Waals surface area (Å²) in [6, 6.07) is 0. The highest BCUT2D eigenvalue weighted by Gasteiger charge is 2.08. The van der Waals surface area contributed by atoms with Gasteiger partial charge in [-0.3, -0.25) is 0 Å². The summed E-state index contributed by atoms with van der Waals surface area (Å²) in [5.74, 6) is -1.02. The van der Waals surface area contributed by atoms with Crippen molar-refractivity contribution in [3.05, 3.63) is 23.8 Å². The lowest BCUT2D eigenvalue weighted by Gasteiger charge is -2.02. The zero-order valence-electron chi connectivity index (χ0n) is 8.62. The molecule has 0 spiro atoms. The minimum atomic E-state index is -0.561. The zero-order valence-corrected chi connectivity index (χ0v) is 8.62. The van der Waals surface area contributed by atoms with Gasteiger partial charge in [0.2, 0.25) is 0 Å². The average Bonchev–Trinajstić information content (AvgIpc) is 2.16. The fourth-order valence-corrected chi connectivity index (χ4v) is 0.755. The van der Waals surface area contributed by atoms with Crippen LogP contribution in [0.25, 0.3) is 0 Å². The third-order valence-electron chi connectivity index (χ3n) is 1.44. The van der Waals surface area contributed by atoms with Crippen LogP contribution in [0.1, 0.15) is 13.8 Å². The highest BCUT2D eigenvalue weighted by molar-refractivity contribution is 5.95. The first kappa shape index (κ1) is 12.4. The molecule has 0 saturated carbocycles. The van der Waals surface area contributed by atoms with E-state index in [0.717, 1.165) is 0 Å². The summed E-state index contributed by atoms with van der Waals surface area (Å²) in [6.45, 7) is 7.01. The van der Waals surface area contributed by atoms with Crippen LogP contribution in [0.4, 0.5) is 0 Å². The lowest BCUT2D eigenvalue weighted by atomic mass is 10.2. The summed E-state index contributed by atoms with van der Waals surface area (Å²) >= 11 is 0. The van der Waals surface area contributed by atoms with E-state index in [2.05, 4.69) is 11.3 Å². The van der Waals surface area contributed by atoms with Gasteiger partial charge in [0, 0.05) is 5.57 Å². The Morgan fingerprint density at radius 2 is 1.93 bits per heavy atom. The minimum absolute atomic E-state index is 0.123. The Hall–Kier alpha value is -1.58. The molecule has 0 atom stereocenters. The van der Waals surface area contributed by atoms with Gasteiger partial charge < -0.3 is 9.47 Å². The first-order chi connectivity index (χ1) is 6.52. The van der Waals surface area contributed by atoms with Gasteiger partial charge in [0.1, 0.15) is 0 Å². The molecule has 0 bridgehead atoms. The van der Waals surface area contributed by atoms with Crippen LogP contribution in [0.15, 0.2) is 23.8 Å². The van der Waals surface area contributed by atoms with Crippen LogP contribution in [0, 0.1) is 0 Å². The highest BCUT2D eigenvalue weighted by atomic mass is 16.5. The fraction of sp³-hybridized carbons (Fsp3) is 0.400. The van der Waals surface area contributed by atoms with E-state index in [-0.39, 0.29) is 5.57 Å². The summed E-state index contributed by atoms with van der Waals surface area (Å²) in [5, 5.41) is 0. The Kier molecular flexibility index (Phi) is 5.29. The molecule has 0 aromatic rings. The van der Waals surface area contributed by atoms with Gasteiger partial charge in [-0.25, -0.2) is 9.59 Å². The number of hydrogen-bond donors (Lipinski definition) is 0. The Labute approximate surface area is 83.2 Å². The molecule has 14 heavy (non-hydrogen) atoms. The number of esters is 2. The molecule has 0 radical (unpaired) electrons. The SMILES string of the molecule is C=C(/C=C(\C)C(=O)OCC)C(=O)OC. The van der Waals surface area contributed by atoms with E-state index in [9.17, 15) is 9.59 Å². The zero-order chi connectivity index (χ0) is 11.1. The minimum Gasteiger partial charge on any atom is -0.465 e. The summed E-state index contributed by atoms with van der Waals surface area (Å²) in [4.78, 5) is 22.0. The molecule has 4 nitrogen and oxygen atoms in total. The lowest BCUT2D eigenvalue weighted by molar-refractivity contribution is -0.138. The lowest BCUT2D eigenvalue weighted by Crippen LogP contribution is -2.07. The van der Waals surface area contributed by atoms with Crippen LogP contribution in [-0.2, 0) is 19.1 Å². The Balaban J connectivity index is 4.44. The molecule has 0 heterocycles. The number of rotatable bonds is 4. The van der Waals surface area contributed by atoms with Crippen molar-refractivity contribution in [2.45, 2.75) is 13.8 Å². The largest absolute Gasteiger partial charge is 0.465 e. The molecule has 78 valence electrons. The molecule has 0 aromatic heterocycles. The maximum atomic E-state index is 11.1. The van der Waals surface area contributed by atoms with Gasteiger partial charge in [0.15, 0.2) is 0 Å². The van der Waals surface area contributed by atoms with Crippen molar-refractivity contribution in [3.63, 3.8) is 0 Å². The standard InChI is InChI=1S/C10H14O4/c1-5-14-10(12)8(3)6-7(2)9(11)13-4/h6H,2,5H2,1,3-4H3/b8-6+. The molecule has 0 fully saturated rings. The molecular formula is C10H14O4. The first-order valence-corrected chi connectivity index (χ1v) is 4.15. The molecule has 0 N–H and O–H groups in total. The van der Waals surface area contributed by atoms with Gasteiger partial charge in [0.25, 0.3) is 0 Å². The molecule has 0 aromatic carbocycles. The van der Waals surface area contributed by atoms with Gasteiger partial charge in [-0.2, -0.15) is 0 Å². The first-order valence-electron chi connectivity index (χ1n) is 4.15. The second-order valence-electron chi connectivity index (χ2n) is 2.56. The van der Waals surface area contributed by atoms with E-state index in [1.807, 2.05) is 0 Å². The van der Waals surface area contributed by atoms with Crippen molar-refractivity contribution in [1.82, 2.24) is 0 Å². The van der Waals surface area contributed by atoms with Crippen molar-refractivity contribution in [2.75, 3.05) is 13.7 Å². The Morgan fingerprint density at radius 1 is 1.36 bits per heavy atom. The third kappa shape index (κ3) is 3.89. The summed E-state index contributed by atoms with van der Waals surface area (Å²) in [6.07, 6.45) is 1.34. The number of ether oxygens (including phenoxy) is 2. The molecule has 0 unspecified atom stereocenters. The van der Waals surface area contributed by atoms with Gasteiger partial charge >= 0.3 is 11.9 Å². The van der Waals surface area contributed by atoms with Gasteiger partial charge in [-0.15, -0.1) is 0 Å². The molecule has 0 amide bonds. The van der Waals surface area contributed by atoms with Crippen LogP contribution in [-0.4, -0.2) is 25.7 Å². The van der Waals surface area contributed by atoms with E-state index in [4.69, 9.17) is 4.74 Å². The van der Waals surface area contributed by atoms with Crippen LogP contribution in [0.2, 0.25) is 0 Å². The number of carbonyl (C=O) groups excluding carboxylic acids is 2. The molecule has 4 heteroatoms. The van der Waals surface area contributed by atoms with E-state index in [1.54, 1.807) is 13.8 Å². The Morgan fingerprint density at radius 3 is 2.36 bits per heavy atom. The van der Waals surface area contributed by atoms with E-state index >= 15 is 0 Å². The van der Waals surface area contributed by atoms with Crippen molar-refractivity contribution < 1.29 is 19.1 Å². The molecule has 0 rings (SSSR count). The smallest absolute Gasteiger partial charge is 0.337 e. The van der Waals surface area contributed by atoms with Crippen molar-refractivity contribution in [1.29, 1.82) is 0 Å². The molecule has 0 saturated heterocycles. The third-order valence-corrected chi connectivity index (χ3v) is 1.44. The normalized spacial score (nSPS) is 10.6.